The van der Waals surface area contributed by atoms with Gasteiger partial charge in [0.2, 0.25) is 5.91 Å². The topological polar surface area (TPSA) is 183 Å². The number of carboxylic acid groups (broad SMARTS) is 1. The molecule has 0 bridgehead atoms. The van der Waals surface area contributed by atoms with Gasteiger partial charge in [-0.2, -0.15) is 0 Å². The van der Waals surface area contributed by atoms with Crippen LogP contribution in [0.1, 0.15) is 24.8 Å². The lowest BCUT2D eigenvalue weighted by Crippen LogP contribution is -2.40. The maximum Gasteiger partial charge on any atom is 0.437 e. The summed E-state index contributed by atoms with van der Waals surface area (Å²) in [4.78, 5) is 46.9. The Morgan fingerprint density at radius 3 is 2.49 bits per heavy atom. The average molecular weight is 488 g/mol. The second kappa shape index (κ2) is 11.7. The summed E-state index contributed by atoms with van der Waals surface area (Å²) < 4.78 is 25.4. The summed E-state index contributed by atoms with van der Waals surface area (Å²) >= 11 is 0. The van der Waals surface area contributed by atoms with Crippen molar-refractivity contribution < 1.29 is 33.4 Å². The van der Waals surface area contributed by atoms with Gasteiger partial charge in [-0.25, -0.2) is 19.2 Å². The minimum absolute atomic E-state index is 0.121. The van der Waals surface area contributed by atoms with Crippen molar-refractivity contribution in [3.05, 3.63) is 42.0 Å². The van der Waals surface area contributed by atoms with Gasteiger partial charge in [-0.1, -0.05) is 18.2 Å². The minimum atomic E-state index is -1.14. The quantitative estimate of drug-likeness (QED) is 0.278. The number of hydrogen-bond acceptors (Lipinski definition) is 7. The van der Waals surface area contributed by atoms with Crippen molar-refractivity contribution >= 4 is 23.9 Å². The number of likely N-dealkylation sites (tertiary alicyclic amines) is 1. The molecule has 0 atom stereocenters. The van der Waals surface area contributed by atoms with E-state index in [0.717, 1.165) is 0 Å². The number of guanidine groups is 1. The first-order valence-corrected chi connectivity index (χ1v) is 10.7. The molecule has 35 heavy (non-hydrogen) atoms. The van der Waals surface area contributed by atoms with Crippen molar-refractivity contribution in [2.45, 2.75) is 25.9 Å². The largest absolute Gasteiger partial charge is 0.481 e. The van der Waals surface area contributed by atoms with E-state index in [1.165, 1.54) is 24.5 Å². The van der Waals surface area contributed by atoms with Gasteiger partial charge in [0.05, 0.1) is 6.61 Å². The highest BCUT2D eigenvalue weighted by atomic mass is 19.1. The fourth-order valence-electron chi connectivity index (χ4n) is 3.50. The molecule has 2 heterocycles. The van der Waals surface area contributed by atoms with Gasteiger partial charge in [0.25, 0.3) is 0 Å². The highest BCUT2D eigenvalue weighted by molar-refractivity contribution is 5.93. The van der Waals surface area contributed by atoms with E-state index in [2.05, 4.69) is 15.0 Å². The number of benzene rings is 1. The number of nitrogens with two attached hydrogens (primary N) is 2. The zero-order valence-electron chi connectivity index (χ0n) is 18.7. The van der Waals surface area contributed by atoms with Crippen molar-refractivity contribution in [3.63, 3.8) is 0 Å². The number of aliphatic carboxylic acids is 1. The Morgan fingerprint density at radius 1 is 1.17 bits per heavy atom. The fraction of sp³-hybridized carbons (Fsp3) is 0.364. The Hall–Kier alpha value is -4.29. The van der Waals surface area contributed by atoms with E-state index in [1.54, 1.807) is 11.0 Å². The molecule has 186 valence electrons. The summed E-state index contributed by atoms with van der Waals surface area (Å²) in [6.45, 7) is 0.914. The monoisotopic (exact) mass is 488 g/mol. The van der Waals surface area contributed by atoms with E-state index in [4.69, 9.17) is 26.0 Å². The number of piperidine rings is 1. The lowest BCUT2D eigenvalue weighted by molar-refractivity contribution is -0.144. The van der Waals surface area contributed by atoms with Crippen molar-refractivity contribution in [3.8, 4) is 17.1 Å². The van der Waals surface area contributed by atoms with Crippen molar-refractivity contribution in [2.75, 3.05) is 19.7 Å². The second-order valence-electron chi connectivity index (χ2n) is 7.83. The first-order valence-electron chi connectivity index (χ1n) is 10.7. The third-order valence-corrected chi connectivity index (χ3v) is 5.31. The summed E-state index contributed by atoms with van der Waals surface area (Å²) in [6.07, 6.45) is 2.65. The van der Waals surface area contributed by atoms with Crippen LogP contribution in [-0.2, 0) is 20.9 Å². The maximum absolute atomic E-state index is 14.9. The van der Waals surface area contributed by atoms with Gasteiger partial charge in [-0.15, -0.1) is 4.99 Å². The van der Waals surface area contributed by atoms with E-state index in [-0.39, 0.29) is 35.6 Å². The van der Waals surface area contributed by atoms with Crippen molar-refractivity contribution in [1.82, 2.24) is 14.9 Å². The van der Waals surface area contributed by atoms with Gasteiger partial charge in [0, 0.05) is 42.2 Å². The standard InChI is InChI=1S/C22H25FN6O6/c23-19-14(12-35-22(33)28-20(24)25)2-1-3-16(19)15-9-26-21(27-10-15)34-11-13-4-6-29(7-5-13)17(30)8-18(31)32/h1-3,9-10,13H,4-8,11-12H2,(H,31,32)(H4,24,25,28,33). The Balaban J connectivity index is 1.53. The predicted octanol–water partition coefficient (Wildman–Crippen LogP) is 1.28. The summed E-state index contributed by atoms with van der Waals surface area (Å²) in [6, 6.07) is 4.72. The molecule has 12 nitrogen and oxygen atoms in total. The highest BCUT2D eigenvalue weighted by Gasteiger charge is 2.24. The van der Waals surface area contributed by atoms with Crippen LogP contribution in [0.15, 0.2) is 35.6 Å². The highest BCUT2D eigenvalue weighted by Crippen LogP contribution is 2.25. The normalized spacial score (nSPS) is 13.7. The van der Waals surface area contributed by atoms with Gasteiger partial charge in [0.1, 0.15) is 18.8 Å². The molecule has 0 aliphatic carbocycles. The number of halogens is 1. The number of rotatable bonds is 8. The molecule has 0 saturated carbocycles. The van der Waals surface area contributed by atoms with Crippen LogP contribution in [0.4, 0.5) is 9.18 Å². The number of nitrogens with zero attached hydrogens (tertiary/aromatic N) is 4. The molecule has 1 fully saturated rings. The molecule has 1 aliphatic heterocycles. The lowest BCUT2D eigenvalue weighted by atomic mass is 9.97. The average Bonchev–Trinajstić information content (AvgIpc) is 2.82. The number of carbonyl (C=O) groups excluding carboxylic acids is 2. The number of aliphatic imine (C=N–C) groups is 1. The number of carbonyl (C=O) groups is 3. The van der Waals surface area contributed by atoms with Gasteiger partial charge in [-0.3, -0.25) is 9.59 Å². The molecule has 2 amide bonds. The summed E-state index contributed by atoms with van der Waals surface area (Å²) in [5.41, 5.74) is 10.9. The zero-order chi connectivity index (χ0) is 25.4. The van der Waals surface area contributed by atoms with Crippen LogP contribution in [0.5, 0.6) is 6.01 Å². The summed E-state index contributed by atoms with van der Waals surface area (Å²) in [7, 11) is 0. The molecule has 5 N–H and O–H groups in total. The Morgan fingerprint density at radius 2 is 1.86 bits per heavy atom. The number of carboxylic acids is 1. The molecule has 13 heteroatoms. The van der Waals surface area contributed by atoms with Crippen LogP contribution in [0.2, 0.25) is 0 Å². The molecule has 1 aliphatic rings. The number of hydrogen-bond donors (Lipinski definition) is 3. The number of amides is 2. The molecular weight excluding hydrogens is 463 g/mol. The molecule has 0 spiro atoms. The van der Waals surface area contributed by atoms with E-state index in [0.29, 0.717) is 38.1 Å². The van der Waals surface area contributed by atoms with Crippen LogP contribution in [-0.4, -0.2) is 63.6 Å². The molecule has 3 rings (SSSR count). The molecule has 0 unspecified atom stereocenters. The maximum atomic E-state index is 14.9. The molecule has 1 saturated heterocycles. The Labute approximate surface area is 199 Å². The van der Waals surface area contributed by atoms with Crippen molar-refractivity contribution in [1.29, 1.82) is 0 Å². The van der Waals surface area contributed by atoms with E-state index in [1.807, 2.05) is 0 Å². The van der Waals surface area contributed by atoms with E-state index >= 15 is 0 Å². The van der Waals surface area contributed by atoms with Crippen molar-refractivity contribution in [2.24, 2.45) is 22.4 Å². The van der Waals surface area contributed by atoms with Gasteiger partial charge in [-0.05, 0) is 18.8 Å². The van der Waals surface area contributed by atoms with Crippen LogP contribution in [0.3, 0.4) is 0 Å². The van der Waals surface area contributed by atoms with E-state index in [9.17, 15) is 18.8 Å². The molecule has 0 radical (unpaired) electrons. The minimum Gasteiger partial charge on any atom is -0.481 e. The third kappa shape index (κ3) is 7.35. The summed E-state index contributed by atoms with van der Waals surface area (Å²) in [5.74, 6) is -2.42. The second-order valence-corrected chi connectivity index (χ2v) is 7.83. The zero-order valence-corrected chi connectivity index (χ0v) is 18.7. The predicted molar refractivity (Wildman–Crippen MR) is 120 cm³/mol. The molecule has 1 aromatic heterocycles. The molecule has 2 aromatic rings. The number of aromatic nitrogens is 2. The fourth-order valence-corrected chi connectivity index (χ4v) is 3.50. The van der Waals surface area contributed by atoms with Gasteiger partial charge in [0.15, 0.2) is 5.96 Å². The third-order valence-electron chi connectivity index (χ3n) is 5.31. The van der Waals surface area contributed by atoms with E-state index < -0.39 is 30.3 Å². The first-order chi connectivity index (χ1) is 16.7. The van der Waals surface area contributed by atoms with Crippen LogP contribution in [0.25, 0.3) is 11.1 Å². The molecular formula is C22H25FN6O6. The summed E-state index contributed by atoms with van der Waals surface area (Å²) in [5, 5.41) is 8.74. The van der Waals surface area contributed by atoms with Crippen LogP contribution < -0.4 is 16.2 Å². The van der Waals surface area contributed by atoms with Gasteiger partial charge >= 0.3 is 18.1 Å². The Bertz CT molecular complexity index is 1100. The first kappa shape index (κ1) is 25.3. The SMILES string of the molecule is NC(N)=NC(=O)OCc1cccc(-c2cnc(OCC3CCN(C(=O)CC(=O)O)CC3)nc2)c1F. The van der Waals surface area contributed by atoms with Crippen LogP contribution >= 0.6 is 0 Å². The Kier molecular flexibility index (Phi) is 8.48. The number of ether oxygens (including phenoxy) is 2. The lowest BCUT2D eigenvalue weighted by Gasteiger charge is -2.31. The van der Waals surface area contributed by atoms with Crippen LogP contribution in [0, 0.1) is 11.7 Å². The van der Waals surface area contributed by atoms with Gasteiger partial charge < -0.3 is 30.9 Å². The smallest absolute Gasteiger partial charge is 0.437 e. The molecule has 1 aromatic carbocycles.